The molecule has 1 aliphatic carbocycles. The number of nitrogens with zero attached hydrogens (tertiary/aromatic N) is 3. The number of pyridine rings is 2. The van der Waals surface area contributed by atoms with Gasteiger partial charge in [0, 0.05) is 18.7 Å². The summed E-state index contributed by atoms with van der Waals surface area (Å²) in [5, 5.41) is 8.89. The molecule has 1 aliphatic heterocycles. The third-order valence-corrected chi connectivity index (χ3v) is 9.31. The van der Waals surface area contributed by atoms with Crippen molar-refractivity contribution in [3.63, 3.8) is 0 Å². The number of anilines is 2. The van der Waals surface area contributed by atoms with Gasteiger partial charge in [-0.15, -0.1) is 0 Å². The van der Waals surface area contributed by atoms with Gasteiger partial charge in [-0.1, -0.05) is 43.7 Å². The molecule has 5 rings (SSSR count). The number of hydrogen-bond donors (Lipinski definition) is 2. The molecule has 3 heterocycles. The number of carboxylic acids is 1. The van der Waals surface area contributed by atoms with Crippen LogP contribution in [0.4, 0.5) is 24.8 Å². The maximum atomic E-state index is 14.0. The standard InChI is InChI=1S/C29H31F3N4O4S/c1-28(18-26(37)38)14-16-36(17-15-28)24-10-5-11-25(34-24)41(39,40)35-23-13-12-22(29(30,31)32)27(33-23)21-9-3-2-8-20(21)19-6-4-7-19/h2-3,5,8-13,19H,4,6-7,14-18H2,1H3,(H,33,35)(H,37,38). The first-order valence-electron chi connectivity index (χ1n) is 13.5. The van der Waals surface area contributed by atoms with Crippen molar-refractivity contribution in [1.29, 1.82) is 0 Å². The van der Waals surface area contributed by atoms with Crippen molar-refractivity contribution in [3.8, 4) is 11.3 Å². The predicted molar refractivity (Wildman–Crippen MR) is 148 cm³/mol. The quantitative estimate of drug-likeness (QED) is 0.317. The number of alkyl halides is 3. The Morgan fingerprint density at radius 2 is 1.76 bits per heavy atom. The number of nitrogens with one attached hydrogen (secondary N) is 1. The Hall–Kier alpha value is -3.67. The van der Waals surface area contributed by atoms with E-state index in [1.165, 1.54) is 6.07 Å². The lowest BCUT2D eigenvalue weighted by molar-refractivity contribution is -0.140. The van der Waals surface area contributed by atoms with Crippen LogP contribution in [0.5, 0.6) is 0 Å². The Kier molecular flexibility index (Phi) is 7.71. The number of carboxylic acid groups (broad SMARTS) is 1. The van der Waals surface area contributed by atoms with Crippen molar-refractivity contribution in [2.75, 3.05) is 22.7 Å². The zero-order valence-corrected chi connectivity index (χ0v) is 23.3. The monoisotopic (exact) mass is 588 g/mol. The molecule has 2 aromatic heterocycles. The Morgan fingerprint density at radius 1 is 1.05 bits per heavy atom. The van der Waals surface area contributed by atoms with Gasteiger partial charge in [0.2, 0.25) is 0 Å². The van der Waals surface area contributed by atoms with Crippen molar-refractivity contribution >= 4 is 27.6 Å². The van der Waals surface area contributed by atoms with Crippen molar-refractivity contribution in [2.24, 2.45) is 5.41 Å². The van der Waals surface area contributed by atoms with Crippen LogP contribution in [0.25, 0.3) is 11.3 Å². The summed E-state index contributed by atoms with van der Waals surface area (Å²) in [5.41, 5.74) is -0.499. The molecule has 2 fully saturated rings. The van der Waals surface area contributed by atoms with Gasteiger partial charge in [-0.25, -0.2) is 9.97 Å². The smallest absolute Gasteiger partial charge is 0.418 e. The first-order valence-corrected chi connectivity index (χ1v) is 15.0. The molecule has 0 atom stereocenters. The second kappa shape index (κ2) is 11.0. The highest BCUT2D eigenvalue weighted by molar-refractivity contribution is 7.92. The van der Waals surface area contributed by atoms with Gasteiger partial charge >= 0.3 is 12.1 Å². The van der Waals surface area contributed by atoms with Gasteiger partial charge in [-0.3, -0.25) is 9.52 Å². The number of carbonyl (C=O) groups is 1. The SMILES string of the molecule is CC1(CC(=O)O)CCN(c2cccc(S(=O)(=O)Nc3ccc(C(F)(F)F)c(-c4ccccc4C4CCC4)n3)n2)CC1. The van der Waals surface area contributed by atoms with Crippen LogP contribution in [0.2, 0.25) is 0 Å². The number of aromatic nitrogens is 2. The molecule has 0 spiro atoms. The zero-order valence-electron chi connectivity index (χ0n) is 22.5. The van der Waals surface area contributed by atoms with Gasteiger partial charge in [-0.2, -0.15) is 21.6 Å². The fourth-order valence-electron chi connectivity index (χ4n) is 5.48. The van der Waals surface area contributed by atoms with Crippen molar-refractivity contribution in [1.82, 2.24) is 9.97 Å². The van der Waals surface area contributed by atoms with Crippen molar-refractivity contribution in [3.05, 3.63) is 65.7 Å². The normalized spacial score (nSPS) is 17.6. The number of sulfonamides is 1. The van der Waals surface area contributed by atoms with Gasteiger partial charge in [0.15, 0.2) is 5.03 Å². The van der Waals surface area contributed by atoms with E-state index in [9.17, 15) is 31.5 Å². The number of halogens is 3. The maximum absolute atomic E-state index is 14.0. The van der Waals surface area contributed by atoms with Crippen molar-refractivity contribution < 1.29 is 31.5 Å². The molecule has 41 heavy (non-hydrogen) atoms. The van der Waals surface area contributed by atoms with Crippen LogP contribution in [-0.2, 0) is 21.0 Å². The lowest BCUT2D eigenvalue weighted by Gasteiger charge is -2.39. The van der Waals surface area contributed by atoms with Gasteiger partial charge in [0.1, 0.15) is 11.6 Å². The summed E-state index contributed by atoms with van der Waals surface area (Å²) in [4.78, 5) is 21.6. The Bertz CT molecular complexity index is 1550. The van der Waals surface area contributed by atoms with Gasteiger partial charge in [0.25, 0.3) is 10.0 Å². The van der Waals surface area contributed by atoms with E-state index in [4.69, 9.17) is 0 Å². The van der Waals surface area contributed by atoms with E-state index in [1.54, 1.807) is 36.4 Å². The average molecular weight is 589 g/mol. The Morgan fingerprint density at radius 3 is 2.39 bits per heavy atom. The lowest BCUT2D eigenvalue weighted by atomic mass is 9.77. The van der Waals surface area contributed by atoms with E-state index in [0.717, 1.165) is 37.0 Å². The number of piperidine rings is 1. The first-order chi connectivity index (χ1) is 19.3. The largest absolute Gasteiger partial charge is 0.481 e. The Labute approximate surface area is 236 Å². The van der Waals surface area contributed by atoms with E-state index in [-0.39, 0.29) is 34.3 Å². The van der Waals surface area contributed by atoms with Crippen LogP contribution in [0.3, 0.4) is 0 Å². The highest BCUT2D eigenvalue weighted by Gasteiger charge is 2.37. The average Bonchev–Trinajstić information content (AvgIpc) is 2.87. The molecular formula is C29H31F3N4O4S. The molecule has 0 amide bonds. The highest BCUT2D eigenvalue weighted by Crippen LogP contribution is 2.44. The van der Waals surface area contributed by atoms with Crippen molar-refractivity contribution in [2.45, 2.75) is 62.6 Å². The molecule has 2 N–H and O–H groups in total. The third kappa shape index (κ3) is 6.32. The fraction of sp³-hybridized carbons (Fsp3) is 0.414. The maximum Gasteiger partial charge on any atom is 0.418 e. The van der Waals surface area contributed by atoms with E-state index >= 15 is 0 Å². The van der Waals surface area contributed by atoms with Crippen LogP contribution < -0.4 is 9.62 Å². The molecule has 218 valence electrons. The second-order valence-electron chi connectivity index (χ2n) is 11.1. The number of aliphatic carboxylic acids is 1. The molecule has 0 unspecified atom stereocenters. The minimum Gasteiger partial charge on any atom is -0.481 e. The summed E-state index contributed by atoms with van der Waals surface area (Å²) in [7, 11) is -4.29. The summed E-state index contributed by atoms with van der Waals surface area (Å²) in [6.07, 6.45) is -0.653. The third-order valence-electron chi connectivity index (χ3n) is 8.06. The van der Waals surface area contributed by atoms with Crippen LogP contribution >= 0.6 is 0 Å². The second-order valence-corrected chi connectivity index (χ2v) is 12.7. The van der Waals surface area contributed by atoms with E-state index in [0.29, 0.717) is 37.3 Å². The molecule has 1 saturated heterocycles. The lowest BCUT2D eigenvalue weighted by Crippen LogP contribution is -2.40. The molecule has 0 radical (unpaired) electrons. The molecule has 2 aliphatic rings. The molecule has 8 nitrogen and oxygen atoms in total. The molecule has 0 bridgehead atoms. The van der Waals surface area contributed by atoms with E-state index in [1.807, 2.05) is 11.8 Å². The molecule has 1 saturated carbocycles. The van der Waals surface area contributed by atoms with Crippen LogP contribution in [0.15, 0.2) is 59.6 Å². The topological polar surface area (TPSA) is 112 Å². The minimum absolute atomic E-state index is 0.0554. The van der Waals surface area contributed by atoms with Crippen LogP contribution in [0, 0.1) is 5.41 Å². The molecular weight excluding hydrogens is 557 g/mol. The van der Waals surface area contributed by atoms with Gasteiger partial charge < -0.3 is 10.0 Å². The minimum atomic E-state index is -4.68. The summed E-state index contributed by atoms with van der Waals surface area (Å²) in [6.45, 7) is 2.95. The Balaban J connectivity index is 1.42. The molecule has 12 heteroatoms. The number of benzene rings is 1. The summed E-state index contributed by atoms with van der Waals surface area (Å²) < 4.78 is 70.9. The molecule has 3 aromatic rings. The summed E-state index contributed by atoms with van der Waals surface area (Å²) >= 11 is 0. The van der Waals surface area contributed by atoms with E-state index < -0.39 is 27.7 Å². The first kappa shape index (κ1) is 28.8. The molecule has 1 aromatic carbocycles. The fourth-order valence-corrected chi connectivity index (χ4v) is 6.44. The summed E-state index contributed by atoms with van der Waals surface area (Å²) in [5.74, 6) is -0.547. The zero-order chi connectivity index (χ0) is 29.4. The number of rotatable bonds is 8. The number of hydrogen-bond acceptors (Lipinski definition) is 6. The predicted octanol–water partition coefficient (Wildman–Crippen LogP) is 6.31. The van der Waals surface area contributed by atoms with Gasteiger partial charge in [-0.05, 0) is 66.8 Å². The highest BCUT2D eigenvalue weighted by atomic mass is 32.2. The van der Waals surface area contributed by atoms with Gasteiger partial charge in [0.05, 0.1) is 17.7 Å². The van der Waals surface area contributed by atoms with E-state index in [2.05, 4.69) is 14.7 Å². The van der Waals surface area contributed by atoms with Crippen LogP contribution in [0.1, 0.15) is 62.5 Å². The van der Waals surface area contributed by atoms with Crippen LogP contribution in [-0.4, -0.2) is 42.6 Å². The summed E-state index contributed by atoms with van der Waals surface area (Å²) in [6, 6.07) is 13.2.